The third-order valence-corrected chi connectivity index (χ3v) is 8.79. The van der Waals surface area contributed by atoms with Gasteiger partial charge in [0.05, 0.1) is 13.2 Å². The highest BCUT2D eigenvalue weighted by molar-refractivity contribution is 5.87. The zero-order chi connectivity index (χ0) is 32.4. The fraction of sp³-hybridized carbons (Fsp3) is 0.923. The van der Waals surface area contributed by atoms with Crippen molar-refractivity contribution >= 4 is 5.97 Å². The summed E-state index contributed by atoms with van der Waals surface area (Å²) in [7, 11) is 4.13. The average Bonchev–Trinajstić information content (AvgIpc) is 3.01. The van der Waals surface area contributed by atoms with E-state index in [9.17, 15) is 4.79 Å². The summed E-state index contributed by atoms with van der Waals surface area (Å²) in [6, 6.07) is 0. The number of unbranched alkanes of at least 4 members (excludes halogenated alkanes) is 21. The zero-order valence-corrected chi connectivity index (χ0v) is 30.5. The van der Waals surface area contributed by atoms with Gasteiger partial charge >= 0.3 is 5.97 Å². The van der Waals surface area contributed by atoms with Crippen molar-refractivity contribution in [2.75, 3.05) is 33.9 Å². The Labute approximate surface area is 276 Å². The van der Waals surface area contributed by atoms with Gasteiger partial charge in [0.2, 0.25) is 0 Å². The van der Waals surface area contributed by atoms with Gasteiger partial charge in [-0.05, 0) is 58.7 Å². The van der Waals surface area contributed by atoms with Crippen molar-refractivity contribution in [3.63, 3.8) is 0 Å². The molecule has 5 heteroatoms. The molecule has 44 heavy (non-hydrogen) atoms. The number of nitrogens with one attached hydrogen (secondary N) is 1. The molecule has 0 aliphatic carbocycles. The van der Waals surface area contributed by atoms with Crippen molar-refractivity contribution < 1.29 is 14.4 Å². The minimum Gasteiger partial charge on any atom is -0.461 e. The molecule has 1 N–H and O–H groups in total. The van der Waals surface area contributed by atoms with E-state index in [0.717, 1.165) is 38.6 Å². The maximum atomic E-state index is 13.2. The van der Waals surface area contributed by atoms with Crippen LogP contribution < -0.4 is 5.48 Å². The van der Waals surface area contributed by atoms with Gasteiger partial charge in [0.15, 0.2) is 0 Å². The highest BCUT2D eigenvalue weighted by Crippen LogP contribution is 2.20. The summed E-state index contributed by atoms with van der Waals surface area (Å²) < 4.78 is 5.93. The van der Waals surface area contributed by atoms with E-state index in [4.69, 9.17) is 9.57 Å². The van der Waals surface area contributed by atoms with E-state index in [2.05, 4.69) is 45.2 Å². The van der Waals surface area contributed by atoms with E-state index in [1.165, 1.54) is 141 Å². The van der Waals surface area contributed by atoms with Gasteiger partial charge < -0.3 is 9.64 Å². The van der Waals surface area contributed by atoms with Crippen LogP contribution in [-0.4, -0.2) is 44.7 Å². The molecule has 0 fully saturated rings. The number of hydroxylamine groups is 1. The van der Waals surface area contributed by atoms with Crippen LogP contribution in [0.2, 0.25) is 0 Å². The SMILES string of the molecule is CCCCCCCCCCCCCCC/C=C(\NOCCCN(C)C)C(=O)OCC(CCCCCC)CCCCCCCC. The predicted molar refractivity (Wildman–Crippen MR) is 192 cm³/mol. The molecular formula is C39H78N2O3. The molecule has 0 radical (unpaired) electrons. The van der Waals surface area contributed by atoms with Gasteiger partial charge in [-0.1, -0.05) is 168 Å². The molecule has 0 aromatic heterocycles. The van der Waals surface area contributed by atoms with Crippen LogP contribution in [0.5, 0.6) is 0 Å². The van der Waals surface area contributed by atoms with Crippen LogP contribution in [0, 0.1) is 5.92 Å². The number of carbonyl (C=O) groups is 1. The number of allylic oxidation sites excluding steroid dienone is 1. The summed E-state index contributed by atoms with van der Waals surface area (Å²) in [5, 5.41) is 0. The predicted octanol–water partition coefficient (Wildman–Crippen LogP) is 11.7. The van der Waals surface area contributed by atoms with Crippen LogP contribution in [0.3, 0.4) is 0 Å². The highest BCUT2D eigenvalue weighted by atomic mass is 16.6. The van der Waals surface area contributed by atoms with Crippen molar-refractivity contribution in [2.45, 2.75) is 194 Å². The smallest absolute Gasteiger partial charge is 0.356 e. The maximum Gasteiger partial charge on any atom is 0.356 e. The second-order valence-electron chi connectivity index (χ2n) is 13.6. The van der Waals surface area contributed by atoms with Crippen molar-refractivity contribution in [1.29, 1.82) is 0 Å². The Morgan fingerprint density at radius 3 is 1.52 bits per heavy atom. The molecule has 0 bridgehead atoms. The zero-order valence-electron chi connectivity index (χ0n) is 30.5. The van der Waals surface area contributed by atoms with Gasteiger partial charge in [-0.15, -0.1) is 0 Å². The minimum absolute atomic E-state index is 0.256. The van der Waals surface area contributed by atoms with Crippen LogP contribution in [0.1, 0.15) is 194 Å². The summed E-state index contributed by atoms with van der Waals surface area (Å²) in [6.07, 6.45) is 36.6. The largest absolute Gasteiger partial charge is 0.461 e. The van der Waals surface area contributed by atoms with E-state index in [0.29, 0.717) is 24.8 Å². The molecule has 1 unspecified atom stereocenters. The van der Waals surface area contributed by atoms with E-state index in [1.54, 1.807) is 0 Å². The lowest BCUT2D eigenvalue weighted by Gasteiger charge is -2.18. The first kappa shape index (κ1) is 42.9. The van der Waals surface area contributed by atoms with Crippen LogP contribution in [0.25, 0.3) is 0 Å². The summed E-state index contributed by atoms with van der Waals surface area (Å²) in [5.74, 6) is 0.208. The van der Waals surface area contributed by atoms with E-state index in [1.807, 2.05) is 6.08 Å². The van der Waals surface area contributed by atoms with E-state index >= 15 is 0 Å². The van der Waals surface area contributed by atoms with Crippen LogP contribution in [0.15, 0.2) is 11.8 Å². The number of hydrogen-bond acceptors (Lipinski definition) is 5. The number of hydrogen-bond donors (Lipinski definition) is 1. The molecular weight excluding hydrogens is 544 g/mol. The molecule has 0 saturated carbocycles. The van der Waals surface area contributed by atoms with Gasteiger partial charge in [-0.25, -0.2) is 4.79 Å². The molecule has 0 spiro atoms. The Morgan fingerprint density at radius 2 is 1.05 bits per heavy atom. The van der Waals surface area contributed by atoms with Gasteiger partial charge in [0.1, 0.15) is 5.70 Å². The van der Waals surface area contributed by atoms with Gasteiger partial charge in [0.25, 0.3) is 0 Å². The lowest BCUT2D eigenvalue weighted by Crippen LogP contribution is -2.26. The number of nitrogens with zero attached hydrogens (tertiary/aromatic N) is 1. The summed E-state index contributed by atoms with van der Waals surface area (Å²) in [4.78, 5) is 21.0. The summed E-state index contributed by atoms with van der Waals surface area (Å²) in [6.45, 7) is 8.87. The quantitative estimate of drug-likeness (QED) is 0.0330. The summed E-state index contributed by atoms with van der Waals surface area (Å²) in [5.41, 5.74) is 3.45. The highest BCUT2D eigenvalue weighted by Gasteiger charge is 2.16. The third kappa shape index (κ3) is 30.9. The van der Waals surface area contributed by atoms with E-state index < -0.39 is 0 Å². The molecule has 0 saturated heterocycles. The first-order chi connectivity index (χ1) is 21.5. The molecule has 0 aromatic rings. The normalized spacial score (nSPS) is 12.6. The Balaban J connectivity index is 4.58. The number of esters is 1. The standard InChI is InChI=1S/C39H78N2O3/c1-6-9-12-15-17-18-19-20-21-22-23-24-26-29-33-38(40-44-35-30-34-41(4)5)39(42)43-36-37(31-27-14-11-8-3)32-28-25-16-13-10-7-2/h33,37,40H,6-32,34-36H2,1-5H3/b38-33-. The van der Waals surface area contributed by atoms with Crippen molar-refractivity contribution in [3.8, 4) is 0 Å². The third-order valence-electron chi connectivity index (χ3n) is 8.79. The second-order valence-corrected chi connectivity index (χ2v) is 13.6. The lowest BCUT2D eigenvalue weighted by atomic mass is 9.95. The Morgan fingerprint density at radius 1 is 0.614 bits per heavy atom. The molecule has 262 valence electrons. The van der Waals surface area contributed by atoms with Gasteiger partial charge in [-0.2, -0.15) is 0 Å². The number of ether oxygens (including phenoxy) is 1. The number of rotatable bonds is 35. The van der Waals surface area contributed by atoms with Gasteiger partial charge in [-0.3, -0.25) is 10.3 Å². The summed E-state index contributed by atoms with van der Waals surface area (Å²) >= 11 is 0. The first-order valence-electron chi connectivity index (χ1n) is 19.4. The van der Waals surface area contributed by atoms with Gasteiger partial charge in [0, 0.05) is 0 Å². The van der Waals surface area contributed by atoms with Crippen molar-refractivity contribution in [2.24, 2.45) is 5.92 Å². The molecule has 0 aliphatic rings. The number of carbonyl (C=O) groups excluding carboxylic acids is 1. The van der Waals surface area contributed by atoms with Crippen molar-refractivity contribution in [1.82, 2.24) is 10.4 Å². The monoisotopic (exact) mass is 623 g/mol. The van der Waals surface area contributed by atoms with E-state index in [-0.39, 0.29) is 5.97 Å². The Bertz CT molecular complexity index is 622. The topological polar surface area (TPSA) is 50.8 Å². The average molecular weight is 623 g/mol. The molecule has 0 amide bonds. The molecule has 0 rings (SSSR count). The molecule has 5 nitrogen and oxygen atoms in total. The van der Waals surface area contributed by atoms with Crippen LogP contribution >= 0.6 is 0 Å². The lowest BCUT2D eigenvalue weighted by molar-refractivity contribution is -0.142. The molecule has 0 heterocycles. The second kappa shape index (κ2) is 34.8. The van der Waals surface area contributed by atoms with Crippen molar-refractivity contribution in [3.05, 3.63) is 11.8 Å². The van der Waals surface area contributed by atoms with Crippen LogP contribution in [0.4, 0.5) is 0 Å². The fourth-order valence-electron chi connectivity index (χ4n) is 5.81. The maximum absolute atomic E-state index is 13.2. The first-order valence-corrected chi connectivity index (χ1v) is 19.4. The molecule has 0 aromatic carbocycles. The Kier molecular flexibility index (Phi) is 34.0. The van der Waals surface area contributed by atoms with Crippen LogP contribution in [-0.2, 0) is 14.4 Å². The minimum atomic E-state index is -0.256. The molecule has 0 aliphatic heterocycles. The Hall–Kier alpha value is -1.07. The molecule has 1 atom stereocenters. The fourth-order valence-corrected chi connectivity index (χ4v) is 5.81.